The van der Waals surface area contributed by atoms with Crippen LogP contribution in [-0.2, 0) is 6.18 Å². The van der Waals surface area contributed by atoms with Gasteiger partial charge in [0.1, 0.15) is 6.07 Å². The van der Waals surface area contributed by atoms with Crippen molar-refractivity contribution in [1.82, 2.24) is 0 Å². The van der Waals surface area contributed by atoms with Gasteiger partial charge in [0.25, 0.3) is 5.91 Å². The van der Waals surface area contributed by atoms with Gasteiger partial charge in [-0.3, -0.25) is 4.79 Å². The minimum Gasteiger partial charge on any atom is -0.322 e. The van der Waals surface area contributed by atoms with Gasteiger partial charge in [-0.1, -0.05) is 41.0 Å². The molecule has 152 valence electrons. The molecule has 0 aliphatic carbocycles. The third-order valence-electron chi connectivity index (χ3n) is 3.93. The number of hydrogen-bond acceptors (Lipinski definition) is 3. The van der Waals surface area contributed by atoms with E-state index in [0.29, 0.717) is 20.5 Å². The molecule has 0 heterocycles. The van der Waals surface area contributed by atoms with E-state index in [4.69, 9.17) is 23.2 Å². The van der Waals surface area contributed by atoms with Crippen molar-refractivity contribution >= 4 is 46.6 Å². The van der Waals surface area contributed by atoms with Gasteiger partial charge in [0, 0.05) is 21.0 Å². The van der Waals surface area contributed by atoms with E-state index in [1.165, 1.54) is 36.4 Å². The number of rotatable bonds is 4. The van der Waals surface area contributed by atoms with Gasteiger partial charge < -0.3 is 5.32 Å². The predicted molar refractivity (Wildman–Crippen MR) is 111 cm³/mol. The fourth-order valence-electron chi connectivity index (χ4n) is 2.49. The van der Waals surface area contributed by atoms with Crippen molar-refractivity contribution in [2.24, 2.45) is 0 Å². The second-order valence-corrected chi connectivity index (χ2v) is 7.96. The molecule has 1 amide bonds. The third-order valence-corrected chi connectivity index (χ3v) is 5.73. The molecule has 3 aromatic rings. The minimum absolute atomic E-state index is 0.212. The molecular formula is C21H11Cl2F3N2OS. The molecule has 0 spiro atoms. The average Bonchev–Trinajstić information content (AvgIpc) is 2.70. The standard InChI is InChI=1S/C21H11Cl2F3N2OS/c22-17-6-4-12(9-18(17)23)20(29)28-15-5-7-19(13(8-15)11-27)30-16-3-1-2-14(10-16)21(24,25)26/h1-10H,(H,28,29). The lowest BCUT2D eigenvalue weighted by molar-refractivity contribution is -0.137. The molecule has 0 aliphatic rings. The lowest BCUT2D eigenvalue weighted by atomic mass is 10.2. The number of halogens is 5. The number of nitrogens with zero attached hydrogens (tertiary/aromatic N) is 1. The van der Waals surface area contributed by atoms with E-state index in [-0.39, 0.29) is 16.1 Å². The first-order valence-electron chi connectivity index (χ1n) is 8.33. The Morgan fingerprint density at radius 2 is 1.77 bits per heavy atom. The summed E-state index contributed by atoms with van der Waals surface area (Å²) < 4.78 is 38.7. The topological polar surface area (TPSA) is 52.9 Å². The molecule has 0 aliphatic heterocycles. The van der Waals surface area contributed by atoms with Gasteiger partial charge in [0.05, 0.1) is 21.2 Å². The molecule has 9 heteroatoms. The van der Waals surface area contributed by atoms with E-state index in [9.17, 15) is 23.2 Å². The van der Waals surface area contributed by atoms with E-state index < -0.39 is 17.6 Å². The summed E-state index contributed by atoms with van der Waals surface area (Å²) in [5.41, 5.74) is 0.0854. The van der Waals surface area contributed by atoms with E-state index in [1.807, 2.05) is 6.07 Å². The number of hydrogen-bond donors (Lipinski definition) is 1. The zero-order valence-electron chi connectivity index (χ0n) is 14.9. The van der Waals surface area contributed by atoms with Crippen LogP contribution < -0.4 is 5.32 Å². The van der Waals surface area contributed by atoms with Crippen molar-refractivity contribution in [1.29, 1.82) is 5.26 Å². The number of carbonyl (C=O) groups excluding carboxylic acids is 1. The summed E-state index contributed by atoms with van der Waals surface area (Å²) >= 11 is 12.8. The zero-order chi connectivity index (χ0) is 21.9. The zero-order valence-corrected chi connectivity index (χ0v) is 17.3. The number of benzene rings is 3. The molecule has 0 fully saturated rings. The van der Waals surface area contributed by atoms with Gasteiger partial charge in [0.2, 0.25) is 0 Å². The summed E-state index contributed by atoms with van der Waals surface area (Å²) in [6.45, 7) is 0. The number of anilines is 1. The molecule has 0 saturated heterocycles. The van der Waals surface area contributed by atoms with Gasteiger partial charge in [-0.2, -0.15) is 18.4 Å². The van der Waals surface area contributed by atoms with Crippen LogP contribution in [-0.4, -0.2) is 5.91 Å². The first kappa shape index (κ1) is 22.0. The van der Waals surface area contributed by atoms with Gasteiger partial charge in [0.15, 0.2) is 0 Å². The highest BCUT2D eigenvalue weighted by atomic mass is 35.5. The van der Waals surface area contributed by atoms with Crippen LogP contribution in [0.4, 0.5) is 18.9 Å². The van der Waals surface area contributed by atoms with Crippen molar-refractivity contribution in [2.45, 2.75) is 16.0 Å². The van der Waals surface area contributed by atoms with Crippen LogP contribution in [0.3, 0.4) is 0 Å². The number of carbonyl (C=O) groups is 1. The van der Waals surface area contributed by atoms with Crippen LogP contribution in [0.2, 0.25) is 10.0 Å². The molecule has 0 atom stereocenters. The number of nitrogens with one attached hydrogen (secondary N) is 1. The molecule has 0 bridgehead atoms. The molecule has 0 aromatic heterocycles. The molecule has 0 unspecified atom stereocenters. The highest BCUT2D eigenvalue weighted by molar-refractivity contribution is 7.99. The average molecular weight is 467 g/mol. The molecule has 0 radical (unpaired) electrons. The predicted octanol–water partition coefficient (Wildman–Crippen LogP) is 7.29. The van der Waals surface area contributed by atoms with E-state index in [1.54, 1.807) is 12.1 Å². The first-order chi connectivity index (χ1) is 14.2. The second-order valence-electron chi connectivity index (χ2n) is 6.03. The van der Waals surface area contributed by atoms with Crippen molar-refractivity contribution in [3.8, 4) is 6.07 Å². The smallest absolute Gasteiger partial charge is 0.322 e. The highest BCUT2D eigenvalue weighted by Gasteiger charge is 2.30. The minimum atomic E-state index is -4.45. The summed E-state index contributed by atoms with van der Waals surface area (Å²) in [6.07, 6.45) is -4.45. The van der Waals surface area contributed by atoms with Crippen molar-refractivity contribution < 1.29 is 18.0 Å². The maximum absolute atomic E-state index is 12.9. The first-order valence-corrected chi connectivity index (χ1v) is 9.90. The lowest BCUT2D eigenvalue weighted by Crippen LogP contribution is -2.12. The summed E-state index contributed by atoms with van der Waals surface area (Å²) in [5, 5.41) is 12.6. The number of alkyl halides is 3. The normalized spacial score (nSPS) is 11.1. The molecule has 3 nitrogen and oxygen atoms in total. The Bertz CT molecular complexity index is 1160. The van der Waals surface area contributed by atoms with E-state index in [0.717, 1.165) is 23.9 Å². The Balaban J connectivity index is 1.81. The van der Waals surface area contributed by atoms with Crippen LogP contribution in [0.25, 0.3) is 0 Å². The van der Waals surface area contributed by atoms with Gasteiger partial charge in [-0.25, -0.2) is 0 Å². The fraction of sp³-hybridized carbons (Fsp3) is 0.0476. The monoisotopic (exact) mass is 466 g/mol. The molecule has 3 aromatic carbocycles. The quantitative estimate of drug-likeness (QED) is 0.439. The van der Waals surface area contributed by atoms with Crippen LogP contribution in [0, 0.1) is 11.3 Å². The fourth-order valence-corrected chi connectivity index (χ4v) is 3.72. The largest absolute Gasteiger partial charge is 0.416 e. The van der Waals surface area contributed by atoms with E-state index in [2.05, 4.69) is 5.32 Å². The SMILES string of the molecule is N#Cc1cc(NC(=O)c2ccc(Cl)c(Cl)c2)ccc1Sc1cccc(C(F)(F)F)c1. The van der Waals surface area contributed by atoms with Crippen LogP contribution in [0.15, 0.2) is 70.5 Å². The molecule has 30 heavy (non-hydrogen) atoms. The number of amides is 1. The van der Waals surface area contributed by atoms with Crippen molar-refractivity contribution in [3.63, 3.8) is 0 Å². The maximum Gasteiger partial charge on any atom is 0.416 e. The summed E-state index contributed by atoms with van der Waals surface area (Å²) in [7, 11) is 0. The summed E-state index contributed by atoms with van der Waals surface area (Å²) in [4.78, 5) is 13.2. The Morgan fingerprint density at radius 1 is 1.00 bits per heavy atom. The molecule has 3 rings (SSSR count). The maximum atomic E-state index is 12.9. The van der Waals surface area contributed by atoms with Gasteiger partial charge in [-0.05, 0) is 54.6 Å². The summed E-state index contributed by atoms with van der Waals surface area (Å²) in [6, 6.07) is 15.8. The Hall–Kier alpha value is -2.66. The van der Waals surface area contributed by atoms with Gasteiger partial charge >= 0.3 is 6.18 Å². The van der Waals surface area contributed by atoms with E-state index >= 15 is 0 Å². The Kier molecular flexibility index (Phi) is 6.61. The summed E-state index contributed by atoms with van der Waals surface area (Å²) in [5.74, 6) is -0.448. The second kappa shape index (κ2) is 9.00. The Morgan fingerprint density at radius 3 is 2.43 bits per heavy atom. The van der Waals surface area contributed by atoms with Crippen molar-refractivity contribution in [3.05, 3.63) is 87.4 Å². The van der Waals surface area contributed by atoms with Crippen LogP contribution in [0.5, 0.6) is 0 Å². The van der Waals surface area contributed by atoms with Crippen LogP contribution in [0.1, 0.15) is 21.5 Å². The molecule has 1 N–H and O–H groups in total. The lowest BCUT2D eigenvalue weighted by Gasteiger charge is -2.11. The number of nitriles is 1. The van der Waals surface area contributed by atoms with Gasteiger partial charge in [-0.15, -0.1) is 0 Å². The molecule has 0 saturated carbocycles. The van der Waals surface area contributed by atoms with Crippen molar-refractivity contribution in [2.75, 3.05) is 5.32 Å². The third kappa shape index (κ3) is 5.28. The Labute approximate surface area is 184 Å². The van der Waals surface area contributed by atoms with Crippen LogP contribution >= 0.6 is 35.0 Å². The highest BCUT2D eigenvalue weighted by Crippen LogP contribution is 2.36. The molecular weight excluding hydrogens is 456 g/mol.